The summed E-state index contributed by atoms with van der Waals surface area (Å²) >= 11 is 0. The van der Waals surface area contributed by atoms with Gasteiger partial charge in [0.2, 0.25) is 0 Å². The zero-order chi connectivity index (χ0) is 11.8. The summed E-state index contributed by atoms with van der Waals surface area (Å²) in [4.78, 5) is 2.46. The first-order valence-electron chi connectivity index (χ1n) is 6.58. The number of likely N-dealkylation sites (N-methyl/N-ethyl adjacent to an activating group) is 1. The number of nitrogens with two attached hydrogens (primary N) is 1. The van der Waals surface area contributed by atoms with Crippen LogP contribution in [0.15, 0.2) is 0 Å². The van der Waals surface area contributed by atoms with Gasteiger partial charge in [0.15, 0.2) is 0 Å². The van der Waals surface area contributed by atoms with E-state index in [0.717, 1.165) is 45.0 Å². The van der Waals surface area contributed by atoms with E-state index in [2.05, 4.69) is 26.9 Å². The van der Waals surface area contributed by atoms with Crippen LogP contribution in [0.1, 0.15) is 30.6 Å². The van der Waals surface area contributed by atoms with Gasteiger partial charge in [-0.3, -0.25) is 9.58 Å². The van der Waals surface area contributed by atoms with E-state index in [1.54, 1.807) is 0 Å². The second-order valence-corrected chi connectivity index (χ2v) is 5.02. The van der Waals surface area contributed by atoms with Crippen molar-refractivity contribution < 1.29 is 0 Å². The van der Waals surface area contributed by atoms with Crippen LogP contribution in [-0.4, -0.2) is 40.9 Å². The number of rotatable bonds is 2. The van der Waals surface area contributed by atoms with Crippen molar-refractivity contribution >= 4 is 5.82 Å². The number of fused-ring (bicyclic) bond motifs is 1. The molecule has 2 aliphatic heterocycles. The van der Waals surface area contributed by atoms with Crippen LogP contribution < -0.4 is 11.1 Å². The summed E-state index contributed by atoms with van der Waals surface area (Å²) in [6.07, 6.45) is 2.22. The van der Waals surface area contributed by atoms with Gasteiger partial charge in [0, 0.05) is 25.2 Å². The molecule has 1 aromatic heterocycles. The number of nitrogens with one attached hydrogen (secondary N) is 1. The fraction of sp³-hybridized carbons (Fsp3) is 0.750. The van der Waals surface area contributed by atoms with Crippen LogP contribution in [0.2, 0.25) is 0 Å². The highest BCUT2D eigenvalue weighted by Crippen LogP contribution is 2.28. The van der Waals surface area contributed by atoms with E-state index in [1.165, 1.54) is 17.7 Å². The van der Waals surface area contributed by atoms with Gasteiger partial charge in [-0.2, -0.15) is 5.10 Å². The molecule has 1 saturated heterocycles. The van der Waals surface area contributed by atoms with Gasteiger partial charge < -0.3 is 11.1 Å². The molecule has 5 heteroatoms. The highest BCUT2D eigenvalue weighted by Gasteiger charge is 2.27. The Kier molecular flexibility index (Phi) is 2.80. The lowest BCUT2D eigenvalue weighted by Crippen LogP contribution is -2.32. The van der Waals surface area contributed by atoms with Crippen molar-refractivity contribution in [2.24, 2.45) is 0 Å². The van der Waals surface area contributed by atoms with Crippen LogP contribution in [0.25, 0.3) is 0 Å². The molecule has 5 nitrogen and oxygen atoms in total. The Balaban J connectivity index is 1.94. The van der Waals surface area contributed by atoms with E-state index in [-0.39, 0.29) is 0 Å². The van der Waals surface area contributed by atoms with E-state index < -0.39 is 0 Å². The summed E-state index contributed by atoms with van der Waals surface area (Å²) in [5.74, 6) is 0.752. The first-order chi connectivity index (χ1) is 8.29. The third kappa shape index (κ3) is 1.83. The van der Waals surface area contributed by atoms with E-state index in [0.29, 0.717) is 6.04 Å². The summed E-state index contributed by atoms with van der Waals surface area (Å²) in [6.45, 7) is 7.56. The van der Waals surface area contributed by atoms with Gasteiger partial charge in [0.1, 0.15) is 5.82 Å². The standard InChI is InChI=1S/C12H21N5/c1-2-16-6-4-10-11(8-16)17(15-12(10)13)9-3-5-14-7-9/h9,14H,2-8H2,1H3,(H2,13,15). The van der Waals surface area contributed by atoms with E-state index >= 15 is 0 Å². The third-order valence-corrected chi connectivity index (χ3v) is 4.03. The maximum Gasteiger partial charge on any atom is 0.149 e. The molecule has 0 aromatic carbocycles. The minimum Gasteiger partial charge on any atom is -0.382 e. The number of hydrogen-bond donors (Lipinski definition) is 2. The van der Waals surface area contributed by atoms with Crippen LogP contribution in [0, 0.1) is 0 Å². The van der Waals surface area contributed by atoms with Crippen molar-refractivity contribution in [3.63, 3.8) is 0 Å². The largest absolute Gasteiger partial charge is 0.382 e. The van der Waals surface area contributed by atoms with Crippen LogP contribution in [-0.2, 0) is 13.0 Å². The Morgan fingerprint density at radius 3 is 3.12 bits per heavy atom. The molecule has 1 aromatic rings. The number of anilines is 1. The molecule has 3 heterocycles. The van der Waals surface area contributed by atoms with Gasteiger partial charge in [-0.05, 0) is 25.9 Å². The van der Waals surface area contributed by atoms with Crippen molar-refractivity contribution in [2.75, 3.05) is 31.9 Å². The van der Waals surface area contributed by atoms with Crippen LogP contribution in [0.3, 0.4) is 0 Å². The normalized spacial score (nSPS) is 25.1. The summed E-state index contributed by atoms with van der Waals surface area (Å²) < 4.78 is 2.19. The molecule has 0 spiro atoms. The SMILES string of the molecule is CCN1CCc2c(N)nn(C3CCNC3)c2C1. The molecular formula is C12H21N5. The molecule has 3 N–H and O–H groups in total. The lowest BCUT2D eigenvalue weighted by molar-refractivity contribution is 0.254. The average Bonchev–Trinajstić information content (AvgIpc) is 2.97. The summed E-state index contributed by atoms with van der Waals surface area (Å²) in [6, 6.07) is 0.498. The zero-order valence-corrected chi connectivity index (χ0v) is 10.4. The van der Waals surface area contributed by atoms with E-state index in [1.807, 2.05) is 0 Å². The smallest absolute Gasteiger partial charge is 0.149 e. The molecule has 1 atom stereocenters. The van der Waals surface area contributed by atoms with Crippen LogP contribution in [0.4, 0.5) is 5.82 Å². The zero-order valence-electron chi connectivity index (χ0n) is 10.4. The minimum atomic E-state index is 0.498. The number of nitrogens with zero attached hydrogens (tertiary/aromatic N) is 3. The Morgan fingerprint density at radius 1 is 1.53 bits per heavy atom. The minimum absolute atomic E-state index is 0.498. The van der Waals surface area contributed by atoms with Gasteiger partial charge in [-0.1, -0.05) is 6.92 Å². The summed E-state index contributed by atoms with van der Waals surface area (Å²) in [5.41, 5.74) is 8.69. The first kappa shape index (κ1) is 11.0. The van der Waals surface area contributed by atoms with Crippen molar-refractivity contribution in [3.05, 3.63) is 11.3 Å². The highest BCUT2D eigenvalue weighted by molar-refractivity contribution is 5.44. The predicted molar refractivity (Wildman–Crippen MR) is 67.8 cm³/mol. The fourth-order valence-corrected chi connectivity index (χ4v) is 2.94. The molecule has 94 valence electrons. The fourth-order valence-electron chi connectivity index (χ4n) is 2.94. The van der Waals surface area contributed by atoms with E-state index in [9.17, 15) is 0 Å². The molecule has 3 rings (SSSR count). The molecule has 17 heavy (non-hydrogen) atoms. The summed E-state index contributed by atoms with van der Waals surface area (Å²) in [7, 11) is 0. The third-order valence-electron chi connectivity index (χ3n) is 4.03. The van der Waals surface area contributed by atoms with Crippen molar-refractivity contribution in [2.45, 2.75) is 32.4 Å². The van der Waals surface area contributed by atoms with Crippen LogP contribution >= 0.6 is 0 Å². The number of aromatic nitrogens is 2. The van der Waals surface area contributed by atoms with E-state index in [4.69, 9.17) is 5.73 Å². The van der Waals surface area contributed by atoms with Crippen LogP contribution in [0.5, 0.6) is 0 Å². The Hall–Kier alpha value is -1.07. The summed E-state index contributed by atoms with van der Waals surface area (Å²) in [5, 5.41) is 7.97. The number of nitrogen functional groups attached to an aromatic ring is 1. The van der Waals surface area contributed by atoms with Gasteiger partial charge in [-0.25, -0.2) is 0 Å². The van der Waals surface area contributed by atoms with Gasteiger partial charge in [0.05, 0.1) is 11.7 Å². The molecule has 0 amide bonds. The maximum atomic E-state index is 6.05. The maximum absolute atomic E-state index is 6.05. The monoisotopic (exact) mass is 235 g/mol. The Bertz CT molecular complexity index is 405. The van der Waals surface area contributed by atoms with Crippen molar-refractivity contribution in [1.82, 2.24) is 20.0 Å². The average molecular weight is 235 g/mol. The first-order valence-corrected chi connectivity index (χ1v) is 6.58. The van der Waals surface area contributed by atoms with Crippen molar-refractivity contribution in [1.29, 1.82) is 0 Å². The molecule has 0 saturated carbocycles. The number of hydrogen-bond acceptors (Lipinski definition) is 4. The molecule has 0 bridgehead atoms. The second kappa shape index (κ2) is 4.31. The molecule has 0 radical (unpaired) electrons. The lowest BCUT2D eigenvalue weighted by Gasteiger charge is -2.27. The molecule has 1 fully saturated rings. The Morgan fingerprint density at radius 2 is 2.41 bits per heavy atom. The molecule has 0 aliphatic carbocycles. The topological polar surface area (TPSA) is 59.1 Å². The van der Waals surface area contributed by atoms with Gasteiger partial charge >= 0.3 is 0 Å². The highest BCUT2D eigenvalue weighted by atomic mass is 15.4. The Labute approximate surface area is 102 Å². The molecular weight excluding hydrogens is 214 g/mol. The molecule has 2 aliphatic rings. The predicted octanol–water partition coefficient (Wildman–Crippen LogP) is 0.378. The second-order valence-electron chi connectivity index (χ2n) is 5.02. The quantitative estimate of drug-likeness (QED) is 0.778. The van der Waals surface area contributed by atoms with Crippen molar-refractivity contribution in [3.8, 4) is 0 Å². The van der Waals surface area contributed by atoms with Gasteiger partial charge in [-0.15, -0.1) is 0 Å². The lowest BCUT2D eigenvalue weighted by atomic mass is 10.1. The van der Waals surface area contributed by atoms with Gasteiger partial charge in [0.25, 0.3) is 0 Å². The molecule has 1 unspecified atom stereocenters.